The predicted octanol–water partition coefficient (Wildman–Crippen LogP) is 3.52. The van der Waals surface area contributed by atoms with Crippen molar-refractivity contribution >= 4 is 11.4 Å². The summed E-state index contributed by atoms with van der Waals surface area (Å²) in [4.78, 5) is 0. The highest BCUT2D eigenvalue weighted by Gasteiger charge is 2.38. The molecule has 3 atom stereocenters. The average Bonchev–Trinajstić information content (AvgIpc) is 2.43. The monoisotopic (exact) mass is 272 g/mol. The zero-order valence-corrected chi connectivity index (χ0v) is 12.8. The summed E-state index contributed by atoms with van der Waals surface area (Å²) in [6.45, 7) is 10.6. The Morgan fingerprint density at radius 3 is 2.70 bits per heavy atom. The van der Waals surface area contributed by atoms with Gasteiger partial charge in [0.15, 0.2) is 0 Å². The molecule has 0 radical (unpaired) electrons. The summed E-state index contributed by atoms with van der Waals surface area (Å²) in [7, 11) is 2.32. The summed E-state index contributed by atoms with van der Waals surface area (Å²) in [6, 6.07) is 10.7. The smallest absolute Gasteiger partial charge is 0.0971 e. The largest absolute Gasteiger partial charge is 0.320 e. The highest BCUT2D eigenvalue weighted by Crippen LogP contribution is 2.26. The van der Waals surface area contributed by atoms with Gasteiger partial charge in [0.05, 0.1) is 37.6 Å². The van der Waals surface area contributed by atoms with Crippen molar-refractivity contribution in [3.8, 4) is 0 Å². The molecule has 1 aliphatic rings. The molecule has 108 valence electrons. The fraction of sp³-hybridized carbons (Fsp3) is 0.471. The zero-order valence-electron chi connectivity index (χ0n) is 12.8. The molecule has 1 fully saturated rings. The number of quaternary nitrogens is 1. The molecule has 0 saturated carbocycles. The summed E-state index contributed by atoms with van der Waals surface area (Å²) in [5, 5.41) is 4.64. The van der Waals surface area contributed by atoms with Gasteiger partial charge in [-0.25, -0.2) is 0 Å². The van der Waals surface area contributed by atoms with Crippen LogP contribution in [0.15, 0.2) is 48.1 Å². The van der Waals surface area contributed by atoms with Gasteiger partial charge < -0.3 is 4.48 Å². The second-order valence-corrected chi connectivity index (χ2v) is 6.17. The van der Waals surface area contributed by atoms with Gasteiger partial charge in [0.1, 0.15) is 0 Å². The number of rotatable bonds is 4. The number of hydrogen-bond acceptors (Lipinski definition) is 2. The van der Waals surface area contributed by atoms with Crippen molar-refractivity contribution in [3.63, 3.8) is 0 Å². The first-order valence-electron chi connectivity index (χ1n) is 7.38. The Kier molecular flexibility index (Phi) is 4.61. The fourth-order valence-corrected chi connectivity index (χ4v) is 2.99. The van der Waals surface area contributed by atoms with Gasteiger partial charge in [-0.1, -0.05) is 31.7 Å². The lowest BCUT2D eigenvalue weighted by Crippen LogP contribution is -2.58. The molecule has 1 heterocycles. The minimum absolute atomic E-state index is 0.507. The standard InChI is InChI=1S/C17H26N3/c1-5-11-20(4)13-14(2)17(12-15(20)3)19-18-16-9-7-6-8-10-16/h5-10,14-15,18H,1,11-13H2,2-4H3/q+1/b19-17+/t14-,15-,20?/m1/s1. The summed E-state index contributed by atoms with van der Waals surface area (Å²) in [6.07, 6.45) is 3.08. The van der Waals surface area contributed by atoms with Gasteiger partial charge in [-0.05, 0) is 25.1 Å². The lowest BCUT2D eigenvalue weighted by atomic mass is 9.90. The molecular formula is C17H26N3+. The van der Waals surface area contributed by atoms with Crippen LogP contribution in [0.25, 0.3) is 0 Å². The van der Waals surface area contributed by atoms with E-state index < -0.39 is 0 Å². The number of likely N-dealkylation sites (N-methyl/N-ethyl adjacent to an activating group) is 1. The molecule has 1 unspecified atom stereocenters. The molecule has 20 heavy (non-hydrogen) atoms. The fourth-order valence-electron chi connectivity index (χ4n) is 2.99. The normalized spacial score (nSPS) is 32.0. The molecule has 1 aromatic rings. The van der Waals surface area contributed by atoms with Crippen LogP contribution in [0.2, 0.25) is 0 Å². The molecule has 0 amide bonds. The van der Waals surface area contributed by atoms with E-state index >= 15 is 0 Å². The highest BCUT2D eigenvalue weighted by molar-refractivity contribution is 5.88. The topological polar surface area (TPSA) is 24.4 Å². The van der Waals surface area contributed by atoms with Crippen LogP contribution in [0.1, 0.15) is 20.3 Å². The van der Waals surface area contributed by atoms with Crippen molar-refractivity contribution < 1.29 is 4.48 Å². The summed E-state index contributed by atoms with van der Waals surface area (Å²) in [5.74, 6) is 0.507. The van der Waals surface area contributed by atoms with Crippen LogP contribution in [-0.2, 0) is 0 Å². The lowest BCUT2D eigenvalue weighted by Gasteiger charge is -2.45. The van der Waals surface area contributed by atoms with Crippen LogP contribution >= 0.6 is 0 Å². The zero-order chi connectivity index (χ0) is 14.6. The molecule has 0 aromatic heterocycles. The van der Waals surface area contributed by atoms with E-state index in [1.807, 2.05) is 36.4 Å². The molecule has 0 aliphatic carbocycles. The third-order valence-electron chi connectivity index (χ3n) is 4.48. The number of hydrogen-bond donors (Lipinski definition) is 1. The minimum Gasteiger partial charge on any atom is -0.320 e. The molecular weight excluding hydrogens is 246 g/mol. The Balaban J connectivity index is 2.06. The Hall–Kier alpha value is -1.61. The van der Waals surface area contributed by atoms with Gasteiger partial charge in [-0.15, -0.1) is 0 Å². The maximum absolute atomic E-state index is 4.64. The molecule has 1 N–H and O–H groups in total. The van der Waals surface area contributed by atoms with E-state index in [4.69, 9.17) is 0 Å². The summed E-state index contributed by atoms with van der Waals surface area (Å²) >= 11 is 0. The van der Waals surface area contributed by atoms with Crippen molar-refractivity contribution in [3.05, 3.63) is 43.0 Å². The first-order valence-corrected chi connectivity index (χ1v) is 7.38. The molecule has 2 rings (SSSR count). The van der Waals surface area contributed by atoms with Gasteiger partial charge in [-0.3, -0.25) is 5.43 Å². The maximum atomic E-state index is 4.64. The van der Waals surface area contributed by atoms with Crippen LogP contribution in [0.4, 0.5) is 5.69 Å². The van der Waals surface area contributed by atoms with Crippen LogP contribution < -0.4 is 5.43 Å². The number of benzene rings is 1. The molecule has 1 aromatic carbocycles. The molecule has 0 bridgehead atoms. The molecule has 3 nitrogen and oxygen atoms in total. The van der Waals surface area contributed by atoms with E-state index in [1.54, 1.807) is 0 Å². The van der Waals surface area contributed by atoms with Crippen molar-refractivity contribution in [2.24, 2.45) is 11.0 Å². The van der Waals surface area contributed by atoms with Crippen molar-refractivity contribution in [2.45, 2.75) is 26.3 Å². The highest BCUT2D eigenvalue weighted by atomic mass is 15.4. The average molecular weight is 272 g/mol. The summed E-state index contributed by atoms with van der Waals surface area (Å²) in [5.41, 5.74) is 5.51. The second kappa shape index (κ2) is 6.23. The summed E-state index contributed by atoms with van der Waals surface area (Å²) < 4.78 is 1.06. The van der Waals surface area contributed by atoms with Crippen LogP contribution in [0.5, 0.6) is 0 Å². The Morgan fingerprint density at radius 2 is 2.05 bits per heavy atom. The van der Waals surface area contributed by atoms with Crippen molar-refractivity contribution in [1.82, 2.24) is 0 Å². The lowest BCUT2D eigenvalue weighted by molar-refractivity contribution is -0.930. The van der Waals surface area contributed by atoms with E-state index in [9.17, 15) is 0 Å². The van der Waals surface area contributed by atoms with Crippen LogP contribution in [0.3, 0.4) is 0 Å². The number of nitrogens with one attached hydrogen (secondary N) is 1. The van der Waals surface area contributed by atoms with Gasteiger partial charge in [0.2, 0.25) is 0 Å². The first-order chi connectivity index (χ1) is 9.55. The van der Waals surface area contributed by atoms with Crippen molar-refractivity contribution in [2.75, 3.05) is 25.6 Å². The molecule has 1 aliphatic heterocycles. The van der Waals surface area contributed by atoms with Gasteiger partial charge in [-0.2, -0.15) is 5.10 Å². The van der Waals surface area contributed by atoms with E-state index in [2.05, 4.69) is 38.0 Å². The molecule has 3 heteroatoms. The van der Waals surface area contributed by atoms with E-state index in [-0.39, 0.29) is 0 Å². The number of nitrogens with zero attached hydrogens (tertiary/aromatic N) is 2. The quantitative estimate of drug-likeness (QED) is 0.506. The molecule has 1 saturated heterocycles. The number of hydrazone groups is 1. The second-order valence-electron chi connectivity index (χ2n) is 6.17. The number of anilines is 1. The van der Waals surface area contributed by atoms with Crippen LogP contribution in [0, 0.1) is 5.92 Å². The minimum atomic E-state index is 0.507. The van der Waals surface area contributed by atoms with E-state index in [1.165, 1.54) is 5.71 Å². The van der Waals surface area contributed by atoms with Gasteiger partial charge >= 0.3 is 0 Å². The Morgan fingerprint density at radius 1 is 1.35 bits per heavy atom. The Labute approximate surface area is 122 Å². The van der Waals surface area contributed by atoms with Crippen LogP contribution in [-0.4, -0.2) is 36.4 Å². The van der Waals surface area contributed by atoms with Gasteiger partial charge in [0, 0.05) is 12.3 Å². The third kappa shape index (κ3) is 3.28. The number of likely N-dealkylation sites (tertiary alicyclic amines) is 1. The third-order valence-corrected chi connectivity index (χ3v) is 4.48. The maximum Gasteiger partial charge on any atom is 0.0971 e. The number of piperidine rings is 1. The van der Waals surface area contributed by atoms with Crippen molar-refractivity contribution in [1.29, 1.82) is 0 Å². The predicted molar refractivity (Wildman–Crippen MR) is 86.9 cm³/mol. The first kappa shape index (κ1) is 14.8. The SMILES string of the molecule is C=CC[N+]1(C)C[C@@H](C)/C(=N/Nc2ccccc2)C[C@H]1C. The Bertz CT molecular complexity index is 480. The van der Waals surface area contributed by atoms with E-state index in [0.29, 0.717) is 12.0 Å². The van der Waals surface area contributed by atoms with Gasteiger partial charge in [0.25, 0.3) is 0 Å². The molecule has 0 spiro atoms. The number of para-hydroxylation sites is 1. The van der Waals surface area contributed by atoms with E-state index in [0.717, 1.165) is 29.7 Å².